The van der Waals surface area contributed by atoms with E-state index in [2.05, 4.69) is 63.9 Å². The molecule has 0 spiro atoms. The number of nitro benzene ring substituents is 1. The van der Waals surface area contributed by atoms with Gasteiger partial charge in [0.1, 0.15) is 0 Å². The molecule has 5 heteroatoms. The van der Waals surface area contributed by atoms with Crippen LogP contribution in [0.4, 0.5) is 11.4 Å². The molecule has 0 amide bonds. The van der Waals surface area contributed by atoms with Crippen LogP contribution in [0.1, 0.15) is 99.3 Å². The standard InChI is InChI=1S/C28H43N3O2/c1-7-9-13-17-27(3,4)22-19-23(28(5,6)18-14-10-8-2)21-24(20-22)29-30-25-15-11-12-16-26(25)31(32)33/h11-12,15-16,19-20,23H,7-10,13-14,17-18,21H2,1-6H3. The molecule has 0 N–H and O–H groups in total. The first kappa shape index (κ1) is 26.9. The van der Waals surface area contributed by atoms with E-state index < -0.39 is 4.92 Å². The third-order valence-corrected chi connectivity index (χ3v) is 7.11. The Balaban J connectivity index is 2.36. The lowest BCUT2D eigenvalue weighted by Crippen LogP contribution is -2.27. The van der Waals surface area contributed by atoms with Crippen LogP contribution in [0, 0.1) is 26.9 Å². The number of benzene rings is 1. The summed E-state index contributed by atoms with van der Waals surface area (Å²) in [5.41, 5.74) is 2.77. The highest BCUT2D eigenvalue weighted by atomic mass is 16.6. The van der Waals surface area contributed by atoms with Crippen molar-refractivity contribution in [2.24, 2.45) is 27.0 Å². The van der Waals surface area contributed by atoms with Crippen LogP contribution in [0.15, 0.2) is 57.9 Å². The lowest BCUT2D eigenvalue weighted by Gasteiger charge is -2.38. The molecule has 0 bridgehead atoms. The average Bonchev–Trinajstić information content (AvgIpc) is 2.78. The Morgan fingerprint density at radius 1 is 0.970 bits per heavy atom. The molecule has 1 aromatic rings. The highest BCUT2D eigenvalue weighted by molar-refractivity contribution is 5.56. The van der Waals surface area contributed by atoms with Crippen molar-refractivity contribution in [1.82, 2.24) is 0 Å². The summed E-state index contributed by atoms with van der Waals surface area (Å²) >= 11 is 0. The largest absolute Gasteiger partial charge is 0.296 e. The highest BCUT2D eigenvalue weighted by Gasteiger charge is 2.33. The van der Waals surface area contributed by atoms with E-state index >= 15 is 0 Å². The summed E-state index contributed by atoms with van der Waals surface area (Å²) in [7, 11) is 0. The molecule has 5 nitrogen and oxygen atoms in total. The smallest absolute Gasteiger partial charge is 0.258 e. The van der Waals surface area contributed by atoms with E-state index in [4.69, 9.17) is 0 Å². The Bertz CT molecular complexity index is 881. The van der Waals surface area contributed by atoms with Gasteiger partial charge in [-0.05, 0) is 53.7 Å². The Kier molecular flexibility index (Phi) is 10.00. The predicted molar refractivity (Wildman–Crippen MR) is 138 cm³/mol. The Morgan fingerprint density at radius 2 is 1.61 bits per heavy atom. The van der Waals surface area contributed by atoms with Crippen molar-refractivity contribution in [3.63, 3.8) is 0 Å². The van der Waals surface area contributed by atoms with Gasteiger partial charge in [0.15, 0.2) is 5.69 Å². The maximum absolute atomic E-state index is 11.4. The maximum atomic E-state index is 11.4. The molecule has 1 atom stereocenters. The lowest BCUT2D eigenvalue weighted by atomic mass is 9.67. The van der Waals surface area contributed by atoms with Crippen LogP contribution < -0.4 is 0 Å². The SMILES string of the molecule is CCCCCC(C)(C)C1=CC(C(C)(C)CCCCC)CC(N=Nc2ccccc2[N+](=O)[O-])=C1. The van der Waals surface area contributed by atoms with Crippen molar-refractivity contribution in [2.45, 2.75) is 99.3 Å². The summed E-state index contributed by atoms with van der Waals surface area (Å²) in [6.07, 6.45) is 15.2. The molecule has 0 radical (unpaired) electrons. The van der Waals surface area contributed by atoms with Crippen molar-refractivity contribution < 1.29 is 4.92 Å². The number of hydrogen-bond acceptors (Lipinski definition) is 4. The van der Waals surface area contributed by atoms with Gasteiger partial charge in [-0.1, -0.05) is 98.3 Å². The van der Waals surface area contributed by atoms with Gasteiger partial charge in [-0.15, -0.1) is 5.11 Å². The summed E-state index contributed by atoms with van der Waals surface area (Å²) < 4.78 is 0. The number of unbranched alkanes of at least 4 members (excludes halogenated alkanes) is 4. The third kappa shape index (κ3) is 7.90. The minimum Gasteiger partial charge on any atom is -0.258 e. The van der Waals surface area contributed by atoms with Gasteiger partial charge in [-0.25, -0.2) is 0 Å². The summed E-state index contributed by atoms with van der Waals surface area (Å²) in [5.74, 6) is 0.375. The minimum absolute atomic E-state index is 0.00948. The van der Waals surface area contributed by atoms with E-state index in [0.29, 0.717) is 11.6 Å². The molecule has 33 heavy (non-hydrogen) atoms. The van der Waals surface area contributed by atoms with E-state index in [0.717, 1.165) is 18.5 Å². The van der Waals surface area contributed by atoms with Crippen LogP contribution in [0.5, 0.6) is 0 Å². The van der Waals surface area contributed by atoms with Gasteiger partial charge in [0.25, 0.3) is 5.69 Å². The summed E-state index contributed by atoms with van der Waals surface area (Å²) in [6, 6.07) is 6.55. The van der Waals surface area contributed by atoms with E-state index in [1.165, 1.54) is 56.6 Å². The second kappa shape index (κ2) is 12.2. The monoisotopic (exact) mass is 453 g/mol. The first-order valence-electron chi connectivity index (χ1n) is 12.7. The Labute approximate surface area is 200 Å². The normalized spacial score (nSPS) is 17.2. The molecule has 0 fully saturated rings. The summed E-state index contributed by atoms with van der Waals surface area (Å²) in [5, 5.41) is 20.3. The second-order valence-electron chi connectivity index (χ2n) is 10.8. The molecular weight excluding hydrogens is 410 g/mol. The molecule has 2 rings (SSSR count). The zero-order chi connectivity index (χ0) is 24.5. The molecule has 1 unspecified atom stereocenters. The molecule has 1 aromatic carbocycles. The van der Waals surface area contributed by atoms with Gasteiger partial charge >= 0.3 is 0 Å². The van der Waals surface area contributed by atoms with Crippen molar-refractivity contribution in [3.8, 4) is 0 Å². The predicted octanol–water partition coefficient (Wildman–Crippen LogP) is 9.72. The number of hydrogen-bond donors (Lipinski definition) is 0. The van der Waals surface area contributed by atoms with Crippen LogP contribution >= 0.6 is 0 Å². The van der Waals surface area contributed by atoms with Gasteiger partial charge in [0, 0.05) is 6.07 Å². The number of allylic oxidation sites excluding steroid dienone is 4. The average molecular weight is 454 g/mol. The Morgan fingerprint density at radius 3 is 2.24 bits per heavy atom. The number of azo groups is 1. The van der Waals surface area contributed by atoms with Crippen molar-refractivity contribution in [1.29, 1.82) is 0 Å². The van der Waals surface area contributed by atoms with Crippen LogP contribution in [-0.4, -0.2) is 4.92 Å². The first-order valence-corrected chi connectivity index (χ1v) is 12.7. The molecule has 182 valence electrons. The third-order valence-electron chi connectivity index (χ3n) is 7.11. The lowest BCUT2D eigenvalue weighted by molar-refractivity contribution is -0.384. The molecule has 0 aromatic heterocycles. The fourth-order valence-corrected chi connectivity index (χ4v) is 4.58. The van der Waals surface area contributed by atoms with Crippen LogP contribution in [-0.2, 0) is 0 Å². The molecule has 0 aliphatic heterocycles. The van der Waals surface area contributed by atoms with Crippen molar-refractivity contribution >= 4 is 11.4 Å². The van der Waals surface area contributed by atoms with E-state index in [9.17, 15) is 10.1 Å². The fourth-order valence-electron chi connectivity index (χ4n) is 4.58. The molecule has 0 heterocycles. The summed E-state index contributed by atoms with van der Waals surface area (Å²) in [4.78, 5) is 11.0. The van der Waals surface area contributed by atoms with Gasteiger partial charge in [-0.3, -0.25) is 10.1 Å². The minimum atomic E-state index is -0.397. The second-order valence-corrected chi connectivity index (χ2v) is 10.8. The molecule has 0 saturated heterocycles. The first-order chi connectivity index (χ1) is 15.6. The molecular formula is C28H43N3O2. The molecule has 0 saturated carbocycles. The van der Waals surface area contributed by atoms with Crippen molar-refractivity contribution in [2.75, 3.05) is 0 Å². The number of nitrogens with zero attached hydrogens (tertiary/aromatic N) is 3. The van der Waals surface area contributed by atoms with Gasteiger partial charge < -0.3 is 0 Å². The number of nitro groups is 1. The zero-order valence-electron chi connectivity index (χ0n) is 21.6. The van der Waals surface area contributed by atoms with Gasteiger partial charge in [0.2, 0.25) is 0 Å². The van der Waals surface area contributed by atoms with E-state index in [1.54, 1.807) is 18.2 Å². The number of para-hydroxylation sites is 1. The maximum Gasteiger partial charge on any atom is 0.296 e. The topological polar surface area (TPSA) is 67.9 Å². The molecule has 1 aliphatic carbocycles. The fraction of sp³-hybridized carbons (Fsp3) is 0.643. The quantitative estimate of drug-likeness (QED) is 0.129. The van der Waals surface area contributed by atoms with Gasteiger partial charge in [0.05, 0.1) is 10.6 Å². The number of rotatable bonds is 13. The molecule has 1 aliphatic rings. The van der Waals surface area contributed by atoms with E-state index in [1.807, 2.05) is 0 Å². The van der Waals surface area contributed by atoms with Crippen LogP contribution in [0.2, 0.25) is 0 Å². The summed E-state index contributed by atoms with van der Waals surface area (Å²) in [6.45, 7) is 13.9. The van der Waals surface area contributed by atoms with Crippen LogP contribution in [0.25, 0.3) is 0 Å². The van der Waals surface area contributed by atoms with Crippen molar-refractivity contribution in [3.05, 3.63) is 57.8 Å². The van der Waals surface area contributed by atoms with Gasteiger partial charge in [-0.2, -0.15) is 5.11 Å². The zero-order valence-corrected chi connectivity index (χ0v) is 21.6. The van der Waals surface area contributed by atoms with E-state index in [-0.39, 0.29) is 16.5 Å². The van der Waals surface area contributed by atoms with Crippen LogP contribution in [0.3, 0.4) is 0 Å². The Hall–Kier alpha value is -2.30. The highest BCUT2D eigenvalue weighted by Crippen LogP contribution is 2.45.